The average Bonchev–Trinajstić information content (AvgIpc) is 0.868. The van der Waals surface area contributed by atoms with E-state index in [1.807, 2.05) is 27.7 Å². The first-order valence-electron chi connectivity index (χ1n) is 27.3. The predicted octanol–water partition coefficient (Wildman–Crippen LogP) is 11.5. The van der Waals surface area contributed by atoms with Crippen molar-refractivity contribution in [1.29, 1.82) is 0 Å². The van der Waals surface area contributed by atoms with Gasteiger partial charge in [0.15, 0.2) is 40.5 Å². The number of pyridine rings is 4. The summed E-state index contributed by atoms with van der Waals surface area (Å²) in [6.07, 6.45) is 13.0. The Morgan fingerprint density at radius 3 is 0.510 bits per heavy atom. The number of hydrogen-bond donors (Lipinski definition) is 0. The van der Waals surface area contributed by atoms with Crippen molar-refractivity contribution >= 4 is 96.0 Å². The third-order valence-corrected chi connectivity index (χ3v) is 9.39. The summed E-state index contributed by atoms with van der Waals surface area (Å²) in [4.78, 5) is 61.7. The minimum Gasteiger partial charge on any atom is -0.741 e. The smallest absolute Gasteiger partial charge is 0.741 e. The van der Waals surface area contributed by atoms with Crippen molar-refractivity contribution in [2.24, 2.45) is 0 Å². The molecule has 0 aliphatic carbocycles. The number of ether oxygens (including phenoxy) is 6. The molecule has 0 aromatic carbocycles. The van der Waals surface area contributed by atoms with Gasteiger partial charge in [0.1, 0.15) is 0 Å². The molecule has 0 saturated heterocycles. The normalized spacial score (nSPS) is 10.7. The molecule has 0 amide bonds. The van der Waals surface area contributed by atoms with Crippen molar-refractivity contribution in [3.63, 3.8) is 0 Å². The zero-order valence-electron chi connectivity index (χ0n) is 57.7. The van der Waals surface area contributed by atoms with E-state index in [1.165, 1.54) is 49.6 Å². The van der Waals surface area contributed by atoms with E-state index in [1.54, 1.807) is 48.5 Å². The number of nitrogens with zero attached hydrogens (tertiary/aromatic N) is 4. The van der Waals surface area contributed by atoms with Gasteiger partial charge in [0.25, 0.3) is 0 Å². The average molecular weight is 2010 g/mol. The number of carbonyl (C=O) groups is 4. The monoisotopic (exact) mass is 2010 g/mol. The van der Waals surface area contributed by atoms with E-state index < -0.39 is 86.4 Å². The van der Waals surface area contributed by atoms with Gasteiger partial charge in [-0.1, -0.05) is 0 Å². The number of esters is 4. The van der Waals surface area contributed by atoms with E-state index in [9.17, 15) is 71.9 Å². The topological polar surface area (TPSA) is 404 Å². The summed E-state index contributed by atoms with van der Waals surface area (Å²) >= 11 is 0. The van der Waals surface area contributed by atoms with Gasteiger partial charge in [0, 0.05) is 88.8 Å². The molecular formula is C54H84F12N4O22P4Pt2S4. The molecule has 0 fully saturated rings. The summed E-state index contributed by atoms with van der Waals surface area (Å²) < 4.78 is 265. The van der Waals surface area contributed by atoms with Gasteiger partial charge in [-0.25, -0.2) is 52.8 Å². The Morgan fingerprint density at radius 1 is 0.324 bits per heavy atom. The Kier molecular flexibility index (Phi) is 78.1. The summed E-state index contributed by atoms with van der Waals surface area (Å²) in [5.74, 6) is -1.67. The van der Waals surface area contributed by atoms with Gasteiger partial charge in [-0.05, 0) is 156 Å². The molecule has 102 heavy (non-hydrogen) atoms. The molecule has 0 N–H and O–H groups in total. The van der Waals surface area contributed by atoms with Crippen LogP contribution in [0.4, 0.5) is 52.7 Å². The molecule has 0 saturated carbocycles. The Hall–Kier alpha value is -3.70. The van der Waals surface area contributed by atoms with Crippen LogP contribution in [-0.2, 0) is 111 Å². The number of carbonyl (C=O) groups excluding carboxylic acids is 4. The largest absolute Gasteiger partial charge is 2.00 e. The van der Waals surface area contributed by atoms with Gasteiger partial charge < -0.3 is 46.6 Å². The fourth-order valence-electron chi connectivity index (χ4n) is 3.47. The number of aromatic nitrogens is 4. The third kappa shape index (κ3) is 86.9. The van der Waals surface area contributed by atoms with Crippen molar-refractivity contribution in [3.05, 3.63) is 120 Å². The van der Waals surface area contributed by atoms with Crippen LogP contribution >= 0.6 is 31.7 Å². The first-order valence-corrected chi connectivity index (χ1v) is 43.6. The van der Waals surface area contributed by atoms with Gasteiger partial charge in [0.2, 0.25) is 0 Å². The minimum atomic E-state index is -6.09. The van der Waals surface area contributed by atoms with Crippen LogP contribution in [0.1, 0.15) is 82.0 Å². The number of hydrogen-bond acceptors (Lipinski definition) is 26. The molecule has 0 radical (unpaired) electrons. The van der Waals surface area contributed by atoms with Crippen molar-refractivity contribution in [3.8, 4) is 0 Å². The van der Waals surface area contributed by atoms with E-state index in [0.717, 1.165) is 26.4 Å². The SMILES string of the molecule is CCOCC.CCOCC.CP(C)C.CP(C)C.CP(C)C.CP(C)C.O=C(OCCCOC(=O)c1ccncc1)c1ccncc1.O=C(OCCCOC(=O)c1ccncc1)c1ccncc1.O=S(=O)([O-])C(F)(F)F.O=S(=O)([O-])C(F)(F)F.O=S(=O)([O-])C(F)(F)F.O=S(=O)([O-])C(F)(F)F.[Pt+2].[Pt+2]. The maximum Gasteiger partial charge on any atom is 2.00 e. The van der Waals surface area contributed by atoms with Crippen molar-refractivity contribution in [1.82, 2.24) is 19.9 Å². The number of rotatable bonds is 16. The Bertz CT molecular complexity index is 2750. The van der Waals surface area contributed by atoms with E-state index >= 15 is 0 Å². The Labute approximate surface area is 622 Å². The zero-order valence-corrected chi connectivity index (χ0v) is 69.1. The van der Waals surface area contributed by atoms with Crippen molar-refractivity contribution < 1.29 is 194 Å². The van der Waals surface area contributed by atoms with Crippen LogP contribution in [0.25, 0.3) is 0 Å². The van der Waals surface area contributed by atoms with E-state index in [2.05, 4.69) is 99.9 Å². The van der Waals surface area contributed by atoms with Crippen LogP contribution in [0.3, 0.4) is 0 Å². The maximum absolute atomic E-state index is 11.6. The van der Waals surface area contributed by atoms with Crippen LogP contribution in [0.2, 0.25) is 0 Å². The fourth-order valence-corrected chi connectivity index (χ4v) is 3.47. The van der Waals surface area contributed by atoms with E-state index in [4.69, 9.17) is 80.3 Å². The minimum absolute atomic E-state index is 0. The summed E-state index contributed by atoms with van der Waals surface area (Å²) in [6, 6.07) is 12.6. The molecule has 0 spiro atoms. The van der Waals surface area contributed by atoms with Crippen LogP contribution in [0.15, 0.2) is 98.1 Å². The summed E-state index contributed by atoms with van der Waals surface area (Å²) in [7, 11) is -22.8. The summed E-state index contributed by atoms with van der Waals surface area (Å²) in [6.45, 7) is 38.9. The van der Waals surface area contributed by atoms with Crippen LogP contribution in [-0.4, -0.2) is 251 Å². The van der Waals surface area contributed by atoms with Crippen LogP contribution in [0.5, 0.6) is 0 Å². The standard InChI is InChI=1S/2C15H14N2O4.2C4H10O.4C3H9P.4CHF3O3S.2Pt/c2*18-14(12-2-6-16-7-3-12)20-10-1-11-21-15(19)13-4-8-17-9-5-13;2*1-3-5-4-2;4*1-4(2)3;4*2-1(3,4)8(5,6)7;;/h2*2-9H,1,10-11H2;2*3-4H2,1-2H3;4*1-3H3;4*(H,5,6,7);;/q;;;;;;;;;;;;2*+2/p-4. The summed E-state index contributed by atoms with van der Waals surface area (Å²) in [5, 5.41) is 0. The Balaban J connectivity index is -0.000000120. The first-order chi connectivity index (χ1) is 45.3. The molecule has 600 valence electrons. The van der Waals surface area contributed by atoms with Gasteiger partial charge in [-0.3, -0.25) is 19.9 Å². The molecule has 48 heteroatoms. The van der Waals surface area contributed by atoms with Crippen LogP contribution < -0.4 is 0 Å². The molecular weight excluding hydrogens is 1930 g/mol. The molecule has 0 bridgehead atoms. The molecule has 4 rings (SSSR count). The molecule has 4 heterocycles. The van der Waals surface area contributed by atoms with Gasteiger partial charge >= 0.3 is 88.0 Å². The third-order valence-electron chi connectivity index (χ3n) is 7.12. The van der Waals surface area contributed by atoms with Crippen LogP contribution in [0, 0.1) is 0 Å². The second-order valence-corrected chi connectivity index (χ2v) is 34.9. The van der Waals surface area contributed by atoms with Crippen molar-refractivity contribution in [2.75, 3.05) is 133 Å². The maximum atomic E-state index is 11.6. The quantitative estimate of drug-likeness (QED) is 0.0191. The molecule has 4 aromatic rings. The fraction of sp³-hybridized carbons (Fsp3) is 0.556. The molecule has 4 aromatic heterocycles. The molecule has 0 aliphatic heterocycles. The first kappa shape index (κ1) is 119. The Morgan fingerprint density at radius 2 is 0.431 bits per heavy atom. The molecule has 0 aliphatic rings. The number of halogens is 12. The number of alkyl halides is 12. The second kappa shape index (κ2) is 66.7. The van der Waals surface area contributed by atoms with E-state index in [-0.39, 0.29) is 68.6 Å². The van der Waals surface area contributed by atoms with E-state index in [0.29, 0.717) is 66.8 Å². The zero-order chi connectivity index (χ0) is 80.4. The molecule has 0 atom stereocenters. The van der Waals surface area contributed by atoms with Gasteiger partial charge in [-0.15, -0.1) is 31.7 Å². The molecule has 0 unspecified atom stereocenters. The summed E-state index contributed by atoms with van der Waals surface area (Å²) in [5.41, 5.74) is -20.8. The van der Waals surface area contributed by atoms with Gasteiger partial charge in [0.05, 0.1) is 48.7 Å². The second-order valence-electron chi connectivity index (χ2n) is 18.7. The predicted molar refractivity (Wildman–Crippen MR) is 353 cm³/mol. The molecule has 26 nitrogen and oxygen atoms in total. The van der Waals surface area contributed by atoms with Gasteiger partial charge in [-0.2, -0.15) is 52.7 Å². The van der Waals surface area contributed by atoms with Crippen molar-refractivity contribution in [2.45, 2.75) is 62.6 Å².